The Labute approximate surface area is 174 Å². The minimum atomic E-state index is -0.141. The number of morpholine rings is 1. The van der Waals surface area contributed by atoms with E-state index in [1.165, 1.54) is 32.1 Å². The standard InChI is InChI=1S/C25H45NO2/c1-17(2)9-8-10-18(3)21-11-13-25(7)23(27)22(12-14-24(21,25)6)26-15-19(4)28-20(5)16-26/h17-22H,8-16H2,1-7H3/t18-,19?,20?,21-,22+,24-,25+/m1/s1. The summed E-state index contributed by atoms with van der Waals surface area (Å²) >= 11 is 0. The molecule has 0 spiro atoms. The van der Waals surface area contributed by atoms with E-state index < -0.39 is 0 Å². The van der Waals surface area contributed by atoms with Crippen LogP contribution in [0.3, 0.4) is 0 Å². The summed E-state index contributed by atoms with van der Waals surface area (Å²) < 4.78 is 5.92. The van der Waals surface area contributed by atoms with Crippen molar-refractivity contribution in [2.24, 2.45) is 28.6 Å². The quantitative estimate of drug-likeness (QED) is 0.580. The van der Waals surface area contributed by atoms with Gasteiger partial charge in [-0.2, -0.15) is 0 Å². The van der Waals surface area contributed by atoms with E-state index in [4.69, 9.17) is 4.74 Å². The Morgan fingerprint density at radius 2 is 1.68 bits per heavy atom. The van der Waals surface area contributed by atoms with E-state index in [1.807, 2.05) is 0 Å². The van der Waals surface area contributed by atoms with Gasteiger partial charge in [-0.25, -0.2) is 0 Å². The van der Waals surface area contributed by atoms with Crippen LogP contribution < -0.4 is 0 Å². The third-order valence-electron chi connectivity index (χ3n) is 8.83. The molecule has 2 saturated carbocycles. The third kappa shape index (κ3) is 3.95. The largest absolute Gasteiger partial charge is 0.373 e. The summed E-state index contributed by atoms with van der Waals surface area (Å²) in [5.74, 6) is 2.78. The molecule has 162 valence electrons. The Morgan fingerprint density at radius 3 is 2.29 bits per heavy atom. The van der Waals surface area contributed by atoms with Crippen molar-refractivity contribution in [1.29, 1.82) is 0 Å². The van der Waals surface area contributed by atoms with Gasteiger partial charge in [-0.05, 0) is 62.7 Å². The lowest BCUT2D eigenvalue weighted by atomic mass is 9.53. The van der Waals surface area contributed by atoms with E-state index in [0.29, 0.717) is 11.7 Å². The second-order valence-corrected chi connectivity index (χ2v) is 11.3. The van der Waals surface area contributed by atoms with E-state index in [2.05, 4.69) is 53.4 Å². The first-order chi connectivity index (χ1) is 13.1. The van der Waals surface area contributed by atoms with Gasteiger partial charge in [-0.15, -0.1) is 0 Å². The van der Waals surface area contributed by atoms with Crippen molar-refractivity contribution in [2.75, 3.05) is 13.1 Å². The summed E-state index contributed by atoms with van der Waals surface area (Å²) in [5, 5.41) is 0. The number of nitrogens with zero attached hydrogens (tertiary/aromatic N) is 1. The van der Waals surface area contributed by atoms with Gasteiger partial charge < -0.3 is 4.74 Å². The number of carbonyl (C=O) groups excluding carboxylic acids is 1. The number of rotatable bonds is 6. The van der Waals surface area contributed by atoms with Gasteiger partial charge in [-0.1, -0.05) is 53.9 Å². The van der Waals surface area contributed by atoms with E-state index >= 15 is 0 Å². The highest BCUT2D eigenvalue weighted by atomic mass is 16.5. The summed E-state index contributed by atoms with van der Waals surface area (Å²) in [7, 11) is 0. The molecule has 7 atom stereocenters. The fourth-order valence-electron chi connectivity index (χ4n) is 7.04. The maximum absolute atomic E-state index is 13.8. The molecule has 3 nitrogen and oxygen atoms in total. The SMILES string of the molecule is CC(C)CCC[C@@H](C)[C@H]1CC[C@@]2(C)C(=O)[C@@H](N3CC(C)OC(C)C3)CC[C@]12C. The zero-order valence-electron chi connectivity index (χ0n) is 19.6. The summed E-state index contributed by atoms with van der Waals surface area (Å²) in [4.78, 5) is 16.3. The Bertz CT molecular complexity index is 551. The Hall–Kier alpha value is -0.410. The van der Waals surface area contributed by atoms with Crippen LogP contribution in [0.2, 0.25) is 0 Å². The first-order valence-corrected chi connectivity index (χ1v) is 12.0. The molecule has 0 bridgehead atoms. The van der Waals surface area contributed by atoms with Gasteiger partial charge in [0, 0.05) is 18.5 Å². The van der Waals surface area contributed by atoms with Crippen LogP contribution in [-0.2, 0) is 9.53 Å². The van der Waals surface area contributed by atoms with E-state index in [0.717, 1.165) is 37.8 Å². The van der Waals surface area contributed by atoms with Crippen LogP contribution in [0.1, 0.15) is 93.4 Å². The first-order valence-electron chi connectivity index (χ1n) is 12.0. The van der Waals surface area contributed by atoms with Crippen molar-refractivity contribution < 1.29 is 9.53 Å². The van der Waals surface area contributed by atoms with Crippen LogP contribution in [0.25, 0.3) is 0 Å². The second-order valence-electron chi connectivity index (χ2n) is 11.3. The highest BCUT2D eigenvalue weighted by molar-refractivity contribution is 5.91. The van der Waals surface area contributed by atoms with E-state index in [9.17, 15) is 4.79 Å². The lowest BCUT2D eigenvalue weighted by Crippen LogP contribution is -2.60. The molecule has 1 heterocycles. The van der Waals surface area contributed by atoms with Gasteiger partial charge in [0.05, 0.1) is 18.2 Å². The van der Waals surface area contributed by atoms with Gasteiger partial charge in [0.15, 0.2) is 5.78 Å². The zero-order chi connectivity index (χ0) is 20.7. The molecule has 3 aliphatic rings. The van der Waals surface area contributed by atoms with Crippen molar-refractivity contribution in [3.63, 3.8) is 0 Å². The van der Waals surface area contributed by atoms with E-state index in [1.54, 1.807) is 0 Å². The van der Waals surface area contributed by atoms with Crippen LogP contribution >= 0.6 is 0 Å². The number of carbonyl (C=O) groups is 1. The number of hydrogen-bond donors (Lipinski definition) is 0. The van der Waals surface area contributed by atoms with Gasteiger partial charge in [0.25, 0.3) is 0 Å². The molecule has 0 aromatic carbocycles. The fourth-order valence-corrected chi connectivity index (χ4v) is 7.04. The summed E-state index contributed by atoms with van der Waals surface area (Å²) in [6.45, 7) is 18.0. The average molecular weight is 392 g/mol. The van der Waals surface area contributed by atoms with Crippen molar-refractivity contribution in [3.8, 4) is 0 Å². The minimum Gasteiger partial charge on any atom is -0.373 e. The number of ether oxygens (including phenoxy) is 1. The predicted octanol–water partition coefficient (Wildman–Crippen LogP) is 5.71. The Kier molecular flexibility index (Phi) is 6.67. The van der Waals surface area contributed by atoms with Gasteiger partial charge in [-0.3, -0.25) is 9.69 Å². The molecule has 0 radical (unpaired) electrons. The smallest absolute Gasteiger partial charge is 0.156 e. The topological polar surface area (TPSA) is 29.5 Å². The van der Waals surface area contributed by atoms with Crippen molar-refractivity contribution in [1.82, 2.24) is 4.90 Å². The van der Waals surface area contributed by atoms with Gasteiger partial charge in [0.1, 0.15) is 0 Å². The molecule has 0 N–H and O–H groups in total. The lowest BCUT2D eigenvalue weighted by molar-refractivity contribution is -0.154. The molecular weight excluding hydrogens is 346 g/mol. The minimum absolute atomic E-state index is 0.113. The highest BCUT2D eigenvalue weighted by Gasteiger charge is 2.62. The molecule has 0 aromatic rings. The van der Waals surface area contributed by atoms with Crippen LogP contribution in [0.4, 0.5) is 0 Å². The van der Waals surface area contributed by atoms with Crippen LogP contribution in [-0.4, -0.2) is 42.0 Å². The molecule has 0 aromatic heterocycles. The van der Waals surface area contributed by atoms with E-state index in [-0.39, 0.29) is 29.1 Å². The van der Waals surface area contributed by atoms with Crippen molar-refractivity contribution in [3.05, 3.63) is 0 Å². The summed E-state index contributed by atoms with van der Waals surface area (Å²) in [5.41, 5.74) is 0.0407. The Balaban J connectivity index is 1.71. The molecule has 3 fully saturated rings. The maximum Gasteiger partial charge on any atom is 0.156 e. The average Bonchev–Trinajstić information content (AvgIpc) is 2.87. The summed E-state index contributed by atoms with van der Waals surface area (Å²) in [6.07, 6.45) is 9.04. The Morgan fingerprint density at radius 1 is 1.04 bits per heavy atom. The van der Waals surface area contributed by atoms with Crippen LogP contribution in [0, 0.1) is 28.6 Å². The molecule has 2 aliphatic carbocycles. The zero-order valence-corrected chi connectivity index (χ0v) is 19.6. The van der Waals surface area contributed by atoms with Crippen LogP contribution in [0.5, 0.6) is 0 Å². The molecule has 28 heavy (non-hydrogen) atoms. The molecule has 1 aliphatic heterocycles. The van der Waals surface area contributed by atoms with Gasteiger partial charge >= 0.3 is 0 Å². The lowest BCUT2D eigenvalue weighted by Gasteiger charge is -2.53. The normalized spacial score (nSPS) is 43.4. The monoisotopic (exact) mass is 391 g/mol. The number of ketones is 1. The number of fused-ring (bicyclic) bond motifs is 1. The molecule has 3 heteroatoms. The molecule has 0 amide bonds. The molecule has 1 saturated heterocycles. The highest BCUT2D eigenvalue weighted by Crippen LogP contribution is 2.64. The fraction of sp³-hybridized carbons (Fsp3) is 0.960. The van der Waals surface area contributed by atoms with Crippen LogP contribution in [0.15, 0.2) is 0 Å². The summed E-state index contributed by atoms with van der Waals surface area (Å²) in [6, 6.07) is 0.113. The number of Topliss-reactive ketones (excluding diaryl/α,β-unsaturated/α-hetero) is 1. The maximum atomic E-state index is 13.8. The third-order valence-corrected chi connectivity index (χ3v) is 8.83. The first kappa shape index (κ1) is 22.3. The molecule has 2 unspecified atom stereocenters. The predicted molar refractivity (Wildman–Crippen MR) is 116 cm³/mol. The second kappa shape index (κ2) is 8.38. The molecular formula is C25H45NO2. The number of hydrogen-bond acceptors (Lipinski definition) is 3. The van der Waals surface area contributed by atoms with Crippen molar-refractivity contribution >= 4 is 5.78 Å². The molecule has 3 rings (SSSR count). The van der Waals surface area contributed by atoms with Gasteiger partial charge in [0.2, 0.25) is 0 Å². The van der Waals surface area contributed by atoms with Crippen molar-refractivity contribution in [2.45, 2.75) is 112 Å².